The van der Waals surface area contributed by atoms with Gasteiger partial charge in [0.25, 0.3) is 0 Å². The van der Waals surface area contributed by atoms with E-state index in [9.17, 15) is 13.2 Å². The summed E-state index contributed by atoms with van der Waals surface area (Å²) in [6, 6.07) is 8.51. The molecule has 4 aliphatic rings. The van der Waals surface area contributed by atoms with Gasteiger partial charge in [-0.25, -0.2) is 13.2 Å². The molecule has 0 aromatic heterocycles. The first-order valence-electron chi connectivity index (χ1n) is 10.6. The monoisotopic (exact) mass is 421 g/mol. The number of rotatable bonds is 3. The molecular weight excluding hydrogens is 390 g/mol. The number of carbonyl (C=O) groups is 1. The minimum atomic E-state index is -2.99. The first kappa shape index (κ1) is 20.3. The van der Waals surface area contributed by atoms with Crippen molar-refractivity contribution in [2.24, 2.45) is 11.8 Å². The van der Waals surface area contributed by atoms with Crippen LogP contribution in [0.4, 0.5) is 10.5 Å². The first-order chi connectivity index (χ1) is 13.9. The van der Waals surface area contributed by atoms with E-state index < -0.39 is 9.84 Å². The summed E-state index contributed by atoms with van der Waals surface area (Å²) in [5, 5.41) is 0. The molecule has 3 atom stereocenters. The van der Waals surface area contributed by atoms with E-state index in [1.54, 1.807) is 4.90 Å². The molecular formula is C21H31N3O4S. The summed E-state index contributed by atoms with van der Waals surface area (Å²) in [5.41, 5.74) is 1.17. The number of piperidine rings is 1. The lowest BCUT2D eigenvalue weighted by Gasteiger charge is -2.42. The molecule has 1 aromatic carbocycles. The third kappa shape index (κ3) is 4.32. The van der Waals surface area contributed by atoms with Crippen molar-refractivity contribution in [2.75, 3.05) is 55.7 Å². The molecule has 1 aromatic rings. The van der Waals surface area contributed by atoms with Crippen LogP contribution in [-0.4, -0.2) is 81.1 Å². The Bertz CT molecular complexity index is 828. The largest absolute Gasteiger partial charge is 0.494 e. The van der Waals surface area contributed by atoms with Crippen molar-refractivity contribution in [2.45, 2.75) is 26.3 Å². The number of hydrogen-bond acceptors (Lipinski definition) is 5. The van der Waals surface area contributed by atoms with E-state index in [1.165, 1.54) is 5.69 Å². The highest BCUT2D eigenvalue weighted by Gasteiger charge is 2.42. The molecule has 160 valence electrons. The minimum absolute atomic E-state index is 0.00227. The van der Waals surface area contributed by atoms with Gasteiger partial charge in [0.2, 0.25) is 0 Å². The fourth-order valence-corrected chi connectivity index (χ4v) is 6.16. The quantitative estimate of drug-likeness (QED) is 0.747. The molecule has 4 saturated heterocycles. The summed E-state index contributed by atoms with van der Waals surface area (Å²) in [4.78, 5) is 19.3. The number of hydrogen-bond donors (Lipinski definition) is 0. The van der Waals surface area contributed by atoms with E-state index >= 15 is 0 Å². The number of amides is 2. The predicted molar refractivity (Wildman–Crippen MR) is 113 cm³/mol. The van der Waals surface area contributed by atoms with Crippen LogP contribution in [0.1, 0.15) is 20.3 Å². The highest BCUT2D eigenvalue weighted by Crippen LogP contribution is 2.36. The SMILES string of the molecule is CCOc1ccc(N2CC3CC(C)C2CN(C(=O)N2CCS(=O)(=O)CC2)C3)cc1. The van der Waals surface area contributed by atoms with Crippen LogP contribution in [0.5, 0.6) is 5.75 Å². The van der Waals surface area contributed by atoms with Gasteiger partial charge in [0.1, 0.15) is 5.75 Å². The molecule has 29 heavy (non-hydrogen) atoms. The minimum Gasteiger partial charge on any atom is -0.494 e. The number of sulfone groups is 1. The van der Waals surface area contributed by atoms with Crippen LogP contribution >= 0.6 is 0 Å². The maximum Gasteiger partial charge on any atom is 0.320 e. The summed E-state index contributed by atoms with van der Waals surface area (Å²) in [6.07, 6.45) is 1.12. The highest BCUT2D eigenvalue weighted by molar-refractivity contribution is 7.91. The fourth-order valence-electron chi connectivity index (χ4n) is 4.96. The summed E-state index contributed by atoms with van der Waals surface area (Å²) in [5.74, 6) is 1.95. The Balaban J connectivity index is 1.49. The summed E-state index contributed by atoms with van der Waals surface area (Å²) in [7, 11) is -2.99. The number of anilines is 1. The topological polar surface area (TPSA) is 70.2 Å². The lowest BCUT2D eigenvalue weighted by molar-refractivity contribution is 0.154. The molecule has 4 fully saturated rings. The van der Waals surface area contributed by atoms with Gasteiger partial charge in [-0.1, -0.05) is 6.92 Å². The zero-order chi connectivity index (χ0) is 20.6. The van der Waals surface area contributed by atoms with Crippen LogP contribution in [0.15, 0.2) is 24.3 Å². The molecule has 4 heterocycles. The molecule has 2 amide bonds. The number of benzene rings is 1. The molecule has 5 rings (SSSR count). The fraction of sp³-hybridized carbons (Fsp3) is 0.667. The molecule has 0 radical (unpaired) electrons. The Morgan fingerprint density at radius 3 is 2.41 bits per heavy atom. The van der Waals surface area contributed by atoms with Crippen LogP contribution in [0.3, 0.4) is 0 Å². The number of ether oxygens (including phenoxy) is 1. The van der Waals surface area contributed by atoms with Crippen molar-refractivity contribution >= 4 is 21.6 Å². The Kier molecular flexibility index (Phi) is 5.64. The summed E-state index contributed by atoms with van der Waals surface area (Å²) < 4.78 is 29.0. The second kappa shape index (κ2) is 8.05. The molecule has 0 aliphatic carbocycles. The second-order valence-electron chi connectivity index (χ2n) is 8.55. The van der Waals surface area contributed by atoms with Crippen molar-refractivity contribution in [1.29, 1.82) is 0 Å². The molecule has 2 bridgehead atoms. The van der Waals surface area contributed by atoms with Gasteiger partial charge in [-0.3, -0.25) is 0 Å². The van der Waals surface area contributed by atoms with Gasteiger partial charge in [0, 0.05) is 44.5 Å². The molecule has 0 N–H and O–H groups in total. The van der Waals surface area contributed by atoms with Crippen molar-refractivity contribution < 1.29 is 17.9 Å². The van der Waals surface area contributed by atoms with Crippen molar-refractivity contribution in [1.82, 2.24) is 9.80 Å². The average Bonchev–Trinajstić information content (AvgIpc) is 2.98. The van der Waals surface area contributed by atoms with Gasteiger partial charge in [0.15, 0.2) is 9.84 Å². The number of urea groups is 1. The summed E-state index contributed by atoms with van der Waals surface area (Å²) in [6.45, 7) is 7.91. The Labute approximate surface area is 173 Å². The van der Waals surface area contributed by atoms with E-state index in [1.807, 2.05) is 24.0 Å². The predicted octanol–water partition coefficient (Wildman–Crippen LogP) is 2.08. The van der Waals surface area contributed by atoms with E-state index in [0.717, 1.165) is 25.3 Å². The second-order valence-corrected chi connectivity index (χ2v) is 10.9. The molecule has 7 nitrogen and oxygen atoms in total. The lowest BCUT2D eigenvalue weighted by Crippen LogP contribution is -2.52. The smallest absolute Gasteiger partial charge is 0.320 e. The Hall–Kier alpha value is -1.96. The molecule has 8 heteroatoms. The van der Waals surface area contributed by atoms with Gasteiger partial charge in [-0.15, -0.1) is 0 Å². The maximum atomic E-state index is 13.1. The number of nitrogens with zero attached hydrogens (tertiary/aromatic N) is 3. The van der Waals surface area contributed by atoms with Crippen LogP contribution in [-0.2, 0) is 9.84 Å². The highest BCUT2D eigenvalue weighted by atomic mass is 32.2. The zero-order valence-electron chi connectivity index (χ0n) is 17.3. The summed E-state index contributed by atoms with van der Waals surface area (Å²) >= 11 is 0. The van der Waals surface area contributed by atoms with Crippen molar-refractivity contribution in [3.8, 4) is 5.75 Å². The van der Waals surface area contributed by atoms with E-state index in [-0.39, 0.29) is 23.6 Å². The maximum absolute atomic E-state index is 13.1. The van der Waals surface area contributed by atoms with Gasteiger partial charge < -0.3 is 19.4 Å². The molecule has 0 saturated carbocycles. The zero-order valence-corrected chi connectivity index (χ0v) is 18.1. The molecule has 4 aliphatic heterocycles. The number of fused-ring (bicyclic) bond motifs is 4. The third-order valence-electron chi connectivity index (χ3n) is 6.47. The van der Waals surface area contributed by atoms with Gasteiger partial charge in [-0.2, -0.15) is 0 Å². The van der Waals surface area contributed by atoms with E-state index in [0.29, 0.717) is 38.1 Å². The number of carbonyl (C=O) groups excluding carboxylic acids is 1. The normalized spacial score (nSPS) is 28.9. The van der Waals surface area contributed by atoms with Crippen LogP contribution in [0.25, 0.3) is 0 Å². The van der Waals surface area contributed by atoms with Crippen molar-refractivity contribution in [3.63, 3.8) is 0 Å². The molecule has 3 unspecified atom stereocenters. The van der Waals surface area contributed by atoms with Gasteiger partial charge in [-0.05, 0) is 49.4 Å². The van der Waals surface area contributed by atoms with Crippen LogP contribution in [0, 0.1) is 11.8 Å². The average molecular weight is 422 g/mol. The first-order valence-corrected chi connectivity index (χ1v) is 12.4. The van der Waals surface area contributed by atoms with Crippen molar-refractivity contribution in [3.05, 3.63) is 24.3 Å². The van der Waals surface area contributed by atoms with E-state index in [2.05, 4.69) is 24.0 Å². The Morgan fingerprint density at radius 1 is 1.07 bits per heavy atom. The lowest BCUT2D eigenvalue weighted by atomic mass is 9.85. The van der Waals surface area contributed by atoms with Gasteiger partial charge in [0.05, 0.1) is 18.1 Å². The standard InChI is InChI=1S/C21H31N3O4S/c1-3-28-19-6-4-18(5-7-19)24-14-17-12-16(2)20(24)15-23(13-17)21(25)22-8-10-29(26,27)11-9-22/h4-7,16-17,20H,3,8-15H2,1-2H3. The van der Waals surface area contributed by atoms with Crippen LogP contribution in [0.2, 0.25) is 0 Å². The third-order valence-corrected chi connectivity index (χ3v) is 8.08. The van der Waals surface area contributed by atoms with Gasteiger partial charge >= 0.3 is 6.03 Å². The van der Waals surface area contributed by atoms with E-state index in [4.69, 9.17) is 4.74 Å². The molecule has 0 spiro atoms. The Morgan fingerprint density at radius 2 is 1.76 bits per heavy atom. The van der Waals surface area contributed by atoms with Crippen LogP contribution < -0.4 is 9.64 Å².